The van der Waals surface area contributed by atoms with Gasteiger partial charge in [0.2, 0.25) is 5.95 Å². The van der Waals surface area contributed by atoms with E-state index in [1.807, 2.05) is 31.2 Å². The Kier molecular flexibility index (Phi) is 6.63. The number of amides is 1. The van der Waals surface area contributed by atoms with Crippen LogP contribution in [-0.2, 0) is 0 Å². The zero-order valence-corrected chi connectivity index (χ0v) is 19.9. The van der Waals surface area contributed by atoms with Gasteiger partial charge in [0.1, 0.15) is 0 Å². The van der Waals surface area contributed by atoms with Crippen LogP contribution in [0, 0.1) is 6.92 Å². The predicted molar refractivity (Wildman–Crippen MR) is 136 cm³/mol. The maximum Gasteiger partial charge on any atom is 0.267 e. The Labute approximate surface area is 200 Å². The molecule has 2 aliphatic rings. The zero-order valence-electron chi connectivity index (χ0n) is 19.9. The number of anilines is 1. The summed E-state index contributed by atoms with van der Waals surface area (Å²) in [7, 11) is 0. The highest BCUT2D eigenvalue weighted by molar-refractivity contribution is 5.97. The van der Waals surface area contributed by atoms with Gasteiger partial charge in [0, 0.05) is 31.7 Å². The van der Waals surface area contributed by atoms with E-state index in [-0.39, 0.29) is 11.5 Å². The molecule has 178 valence electrons. The van der Waals surface area contributed by atoms with Crippen molar-refractivity contribution in [1.29, 1.82) is 0 Å². The van der Waals surface area contributed by atoms with Crippen molar-refractivity contribution in [3.8, 4) is 5.69 Å². The summed E-state index contributed by atoms with van der Waals surface area (Å²) >= 11 is 0. The number of nitrogens with zero attached hydrogens (tertiary/aromatic N) is 4. The molecule has 7 heteroatoms. The molecule has 1 amide bonds. The predicted octanol–water partition coefficient (Wildman–Crippen LogP) is 3.51. The topological polar surface area (TPSA) is 70.5 Å². The van der Waals surface area contributed by atoms with Crippen LogP contribution < -0.4 is 15.8 Å². The minimum atomic E-state index is -0.119. The Morgan fingerprint density at radius 3 is 2.50 bits per heavy atom. The van der Waals surface area contributed by atoms with Crippen LogP contribution in [-0.4, -0.2) is 59.6 Å². The second-order valence-electron chi connectivity index (χ2n) is 9.48. The smallest absolute Gasteiger partial charge is 0.267 e. The van der Waals surface area contributed by atoms with Crippen molar-refractivity contribution >= 4 is 22.8 Å². The van der Waals surface area contributed by atoms with E-state index in [0.717, 1.165) is 56.8 Å². The number of aromatic nitrogens is 2. The van der Waals surface area contributed by atoms with Gasteiger partial charge in [-0.1, -0.05) is 18.6 Å². The van der Waals surface area contributed by atoms with Crippen molar-refractivity contribution in [3.05, 3.63) is 63.9 Å². The van der Waals surface area contributed by atoms with E-state index in [4.69, 9.17) is 4.98 Å². The number of rotatable bonds is 6. The molecule has 1 N–H and O–H groups in total. The van der Waals surface area contributed by atoms with Crippen LogP contribution in [0.25, 0.3) is 16.6 Å². The summed E-state index contributed by atoms with van der Waals surface area (Å²) in [5, 5.41) is 3.56. The van der Waals surface area contributed by atoms with E-state index in [0.29, 0.717) is 29.0 Å². The van der Waals surface area contributed by atoms with Gasteiger partial charge < -0.3 is 15.1 Å². The highest BCUT2D eigenvalue weighted by Gasteiger charge is 2.22. The largest absolute Gasteiger partial charge is 0.351 e. The average molecular weight is 460 g/mol. The average Bonchev–Trinajstić information content (AvgIpc) is 3.39. The van der Waals surface area contributed by atoms with Gasteiger partial charge in [-0.05, 0) is 81.6 Å². The summed E-state index contributed by atoms with van der Waals surface area (Å²) < 4.78 is 1.72. The maximum atomic E-state index is 13.6. The molecular formula is C27H33N5O2. The quantitative estimate of drug-likeness (QED) is 0.611. The molecule has 2 aromatic carbocycles. The number of aryl methyl sites for hydroxylation is 1. The molecule has 2 saturated heterocycles. The van der Waals surface area contributed by atoms with Crippen molar-refractivity contribution in [2.24, 2.45) is 0 Å². The summed E-state index contributed by atoms with van der Waals surface area (Å²) in [4.78, 5) is 36.0. The fourth-order valence-electron chi connectivity index (χ4n) is 5.06. The molecule has 0 aliphatic carbocycles. The second-order valence-corrected chi connectivity index (χ2v) is 9.48. The van der Waals surface area contributed by atoms with Crippen molar-refractivity contribution in [3.63, 3.8) is 0 Å². The number of piperidine rings is 1. The number of fused-ring (bicyclic) bond motifs is 1. The number of hydrogen-bond acceptors (Lipinski definition) is 5. The molecular weight excluding hydrogens is 426 g/mol. The summed E-state index contributed by atoms with van der Waals surface area (Å²) in [5.41, 5.74) is 2.92. The first-order chi connectivity index (χ1) is 16.6. The van der Waals surface area contributed by atoms with Crippen molar-refractivity contribution in [2.45, 2.75) is 39.0 Å². The van der Waals surface area contributed by atoms with Gasteiger partial charge in [0.15, 0.2) is 0 Å². The second kappa shape index (κ2) is 9.97. The third-order valence-electron chi connectivity index (χ3n) is 6.92. The standard InChI is InChI=1S/C27H33N5O2/c1-20-8-7-9-22(18-20)32-26(34)23-11-10-21(19-24(23)29-27(32)31-15-5-6-16-31)25(33)28-12-17-30-13-3-2-4-14-30/h7-11,18-19H,2-6,12-17H2,1H3,(H,28,33). The van der Waals surface area contributed by atoms with Crippen LogP contribution in [0.15, 0.2) is 47.3 Å². The molecule has 0 atom stereocenters. The molecule has 2 fully saturated rings. The van der Waals surface area contributed by atoms with Gasteiger partial charge in [0.05, 0.1) is 16.6 Å². The lowest BCUT2D eigenvalue weighted by atomic mass is 10.1. The third kappa shape index (κ3) is 4.71. The number of hydrogen-bond donors (Lipinski definition) is 1. The normalized spacial score (nSPS) is 16.8. The van der Waals surface area contributed by atoms with Crippen LogP contribution in [0.2, 0.25) is 0 Å². The molecule has 0 saturated carbocycles. The first-order valence-corrected chi connectivity index (χ1v) is 12.5. The molecule has 3 heterocycles. The molecule has 3 aromatic rings. The Bertz CT molecular complexity index is 1240. The molecule has 0 spiro atoms. The van der Waals surface area contributed by atoms with E-state index in [9.17, 15) is 9.59 Å². The highest BCUT2D eigenvalue weighted by atomic mass is 16.1. The van der Waals surface area contributed by atoms with Crippen LogP contribution >= 0.6 is 0 Å². The van der Waals surface area contributed by atoms with Crippen LogP contribution in [0.5, 0.6) is 0 Å². The number of carbonyl (C=O) groups excluding carboxylic acids is 1. The van der Waals surface area contributed by atoms with Crippen LogP contribution in [0.1, 0.15) is 48.0 Å². The van der Waals surface area contributed by atoms with E-state index in [1.165, 1.54) is 19.3 Å². The number of likely N-dealkylation sites (tertiary alicyclic amines) is 1. The lowest BCUT2D eigenvalue weighted by molar-refractivity contribution is 0.0946. The highest BCUT2D eigenvalue weighted by Crippen LogP contribution is 2.24. The van der Waals surface area contributed by atoms with Gasteiger partial charge in [-0.25, -0.2) is 9.55 Å². The SMILES string of the molecule is Cc1cccc(-n2c(N3CCCC3)nc3cc(C(=O)NCCN4CCCCC4)ccc3c2=O)c1. The summed E-state index contributed by atoms with van der Waals surface area (Å²) in [6, 6.07) is 13.2. The molecule has 7 nitrogen and oxygen atoms in total. The zero-order chi connectivity index (χ0) is 23.5. The van der Waals surface area contributed by atoms with Crippen LogP contribution in [0.3, 0.4) is 0 Å². The minimum absolute atomic E-state index is 0.102. The summed E-state index contributed by atoms with van der Waals surface area (Å²) in [5.74, 6) is 0.537. The van der Waals surface area contributed by atoms with Gasteiger partial charge in [-0.15, -0.1) is 0 Å². The monoisotopic (exact) mass is 459 g/mol. The first kappa shape index (κ1) is 22.6. The molecule has 0 unspecified atom stereocenters. The van der Waals surface area contributed by atoms with E-state index in [1.54, 1.807) is 22.8 Å². The van der Waals surface area contributed by atoms with Crippen molar-refractivity contribution in [1.82, 2.24) is 19.8 Å². The fourth-order valence-corrected chi connectivity index (χ4v) is 5.06. The number of benzene rings is 2. The van der Waals surface area contributed by atoms with E-state index < -0.39 is 0 Å². The van der Waals surface area contributed by atoms with E-state index >= 15 is 0 Å². The first-order valence-electron chi connectivity index (χ1n) is 12.5. The molecule has 0 radical (unpaired) electrons. The lowest BCUT2D eigenvalue weighted by Gasteiger charge is -2.26. The van der Waals surface area contributed by atoms with Crippen molar-refractivity contribution in [2.75, 3.05) is 44.2 Å². The van der Waals surface area contributed by atoms with Gasteiger partial charge in [-0.3, -0.25) is 9.59 Å². The molecule has 1 aromatic heterocycles. The minimum Gasteiger partial charge on any atom is -0.351 e. The van der Waals surface area contributed by atoms with Crippen molar-refractivity contribution < 1.29 is 4.79 Å². The molecule has 5 rings (SSSR count). The Balaban J connectivity index is 1.45. The third-order valence-corrected chi connectivity index (χ3v) is 6.92. The fraction of sp³-hybridized carbons (Fsp3) is 0.444. The maximum absolute atomic E-state index is 13.6. The van der Waals surface area contributed by atoms with E-state index in [2.05, 4.69) is 15.1 Å². The Morgan fingerprint density at radius 1 is 0.971 bits per heavy atom. The summed E-state index contributed by atoms with van der Waals surface area (Å²) in [6.45, 7) is 7.50. The van der Waals surface area contributed by atoms with Gasteiger partial charge in [0.25, 0.3) is 11.5 Å². The Morgan fingerprint density at radius 2 is 1.74 bits per heavy atom. The number of nitrogens with one attached hydrogen (secondary N) is 1. The van der Waals surface area contributed by atoms with Gasteiger partial charge >= 0.3 is 0 Å². The number of carbonyl (C=O) groups is 1. The molecule has 34 heavy (non-hydrogen) atoms. The molecule has 0 bridgehead atoms. The van der Waals surface area contributed by atoms with Crippen LogP contribution in [0.4, 0.5) is 5.95 Å². The molecule has 2 aliphatic heterocycles. The van der Waals surface area contributed by atoms with Gasteiger partial charge in [-0.2, -0.15) is 0 Å². The Hall–Kier alpha value is -3.19. The summed E-state index contributed by atoms with van der Waals surface area (Å²) in [6.07, 6.45) is 5.95. The lowest BCUT2D eigenvalue weighted by Crippen LogP contribution is -2.37.